The van der Waals surface area contributed by atoms with E-state index < -0.39 is 0 Å². The van der Waals surface area contributed by atoms with Gasteiger partial charge < -0.3 is 9.88 Å². The Hall–Kier alpha value is -3.11. The van der Waals surface area contributed by atoms with Gasteiger partial charge in [-0.25, -0.2) is 14.5 Å². The van der Waals surface area contributed by atoms with E-state index >= 15 is 0 Å². The van der Waals surface area contributed by atoms with Gasteiger partial charge in [-0.05, 0) is 23.6 Å². The summed E-state index contributed by atoms with van der Waals surface area (Å²) in [5.41, 5.74) is 2.41. The number of aromatic amines is 1. The predicted octanol–water partition coefficient (Wildman–Crippen LogP) is 2.79. The summed E-state index contributed by atoms with van der Waals surface area (Å²) in [6.45, 7) is 0.452. The summed E-state index contributed by atoms with van der Waals surface area (Å²) >= 11 is 2.87. The minimum atomic E-state index is -0.103. The number of thiophene rings is 1. The molecule has 5 heterocycles. The van der Waals surface area contributed by atoms with Crippen LogP contribution in [0.3, 0.4) is 0 Å². The van der Waals surface area contributed by atoms with Crippen molar-refractivity contribution in [3.8, 4) is 11.3 Å². The number of anilines is 1. The van der Waals surface area contributed by atoms with Crippen molar-refractivity contribution < 1.29 is 0 Å². The van der Waals surface area contributed by atoms with E-state index in [0.717, 1.165) is 26.9 Å². The first kappa shape index (κ1) is 16.1. The highest BCUT2D eigenvalue weighted by molar-refractivity contribution is 7.20. The number of hydrogen-bond donors (Lipinski definition) is 1. The molecule has 5 aromatic rings. The van der Waals surface area contributed by atoms with Gasteiger partial charge in [0, 0.05) is 25.0 Å². The van der Waals surface area contributed by atoms with Crippen molar-refractivity contribution in [3.63, 3.8) is 0 Å². The average Bonchev–Trinajstić information content (AvgIpc) is 3.36. The zero-order valence-corrected chi connectivity index (χ0v) is 15.8. The van der Waals surface area contributed by atoms with Crippen molar-refractivity contribution in [3.05, 3.63) is 58.3 Å². The number of hydrogen-bond acceptors (Lipinski definition) is 8. The number of H-pyrrole nitrogens is 1. The van der Waals surface area contributed by atoms with Gasteiger partial charge in [0.25, 0.3) is 5.56 Å². The Labute approximate surface area is 160 Å². The van der Waals surface area contributed by atoms with E-state index in [1.165, 1.54) is 22.7 Å². The van der Waals surface area contributed by atoms with Crippen LogP contribution in [0.2, 0.25) is 0 Å². The van der Waals surface area contributed by atoms with Crippen molar-refractivity contribution in [2.75, 3.05) is 11.9 Å². The van der Waals surface area contributed by atoms with Gasteiger partial charge in [-0.1, -0.05) is 11.3 Å². The van der Waals surface area contributed by atoms with Crippen molar-refractivity contribution in [1.82, 2.24) is 29.5 Å². The van der Waals surface area contributed by atoms with Crippen LogP contribution in [0.1, 0.15) is 5.82 Å². The maximum atomic E-state index is 12.1. The lowest BCUT2D eigenvalue weighted by atomic mass is 10.2. The molecule has 27 heavy (non-hydrogen) atoms. The third kappa shape index (κ3) is 2.88. The number of fused-ring (bicyclic) bond motifs is 2. The van der Waals surface area contributed by atoms with Gasteiger partial charge in [0.1, 0.15) is 10.5 Å². The summed E-state index contributed by atoms with van der Waals surface area (Å²) in [7, 11) is 1.91. The summed E-state index contributed by atoms with van der Waals surface area (Å²) in [4.78, 5) is 31.0. The second-order valence-corrected chi connectivity index (χ2v) is 7.83. The first-order chi connectivity index (χ1) is 13.2. The molecule has 0 amide bonds. The summed E-state index contributed by atoms with van der Waals surface area (Å²) in [6, 6.07) is 5.71. The van der Waals surface area contributed by atoms with E-state index in [1.807, 2.05) is 41.7 Å². The molecule has 0 aliphatic rings. The van der Waals surface area contributed by atoms with Crippen LogP contribution >= 0.6 is 22.7 Å². The molecular formula is C17H13N7OS2. The third-order valence-corrected chi connectivity index (χ3v) is 6.01. The Bertz CT molecular complexity index is 1270. The molecule has 134 valence electrons. The Morgan fingerprint density at radius 2 is 2.22 bits per heavy atom. The van der Waals surface area contributed by atoms with Gasteiger partial charge >= 0.3 is 0 Å². The summed E-state index contributed by atoms with van der Waals surface area (Å²) in [5, 5.41) is 7.26. The fourth-order valence-corrected chi connectivity index (χ4v) is 4.36. The smallest absolute Gasteiger partial charge is 0.268 e. The Morgan fingerprint density at radius 3 is 3.04 bits per heavy atom. The van der Waals surface area contributed by atoms with Gasteiger partial charge in [-0.2, -0.15) is 0 Å². The van der Waals surface area contributed by atoms with Crippen molar-refractivity contribution in [2.24, 2.45) is 0 Å². The second-order valence-electron chi connectivity index (χ2n) is 5.98. The molecule has 10 heteroatoms. The second kappa shape index (κ2) is 6.25. The van der Waals surface area contributed by atoms with Gasteiger partial charge in [0.15, 0.2) is 0 Å². The van der Waals surface area contributed by atoms with E-state index in [4.69, 9.17) is 0 Å². The average molecular weight is 395 g/mol. The highest BCUT2D eigenvalue weighted by Gasteiger charge is 2.14. The Morgan fingerprint density at radius 1 is 1.30 bits per heavy atom. The minimum Gasteiger partial charge on any atom is -0.342 e. The normalized spacial score (nSPS) is 11.4. The first-order valence-electron chi connectivity index (χ1n) is 8.11. The van der Waals surface area contributed by atoms with Crippen molar-refractivity contribution in [1.29, 1.82) is 0 Å². The van der Waals surface area contributed by atoms with Crippen molar-refractivity contribution in [2.45, 2.75) is 6.54 Å². The van der Waals surface area contributed by atoms with Crippen LogP contribution in [0, 0.1) is 0 Å². The van der Waals surface area contributed by atoms with Crippen LogP contribution in [-0.4, -0.2) is 36.6 Å². The van der Waals surface area contributed by atoms with E-state index in [9.17, 15) is 4.79 Å². The summed E-state index contributed by atoms with van der Waals surface area (Å²) < 4.78 is 2.41. The summed E-state index contributed by atoms with van der Waals surface area (Å²) in [5.74, 6) is 0.609. The minimum absolute atomic E-state index is 0.103. The topological polar surface area (TPSA) is 92.1 Å². The molecule has 0 radical (unpaired) electrons. The van der Waals surface area contributed by atoms with Crippen LogP contribution in [0.25, 0.3) is 26.4 Å². The van der Waals surface area contributed by atoms with Crippen LogP contribution in [0.5, 0.6) is 0 Å². The highest BCUT2D eigenvalue weighted by Crippen LogP contribution is 2.26. The van der Waals surface area contributed by atoms with E-state index in [2.05, 4.69) is 25.0 Å². The van der Waals surface area contributed by atoms with Gasteiger partial charge in [0.05, 0.1) is 24.0 Å². The molecule has 0 unspecified atom stereocenters. The molecule has 0 aliphatic carbocycles. The first-order valence-corrected chi connectivity index (χ1v) is 9.81. The largest absolute Gasteiger partial charge is 0.342 e. The van der Waals surface area contributed by atoms with Crippen LogP contribution < -0.4 is 10.5 Å². The molecule has 0 bridgehead atoms. The molecule has 0 saturated carbocycles. The molecule has 1 N–H and O–H groups in total. The lowest BCUT2D eigenvalue weighted by Gasteiger charge is -2.14. The molecule has 8 nitrogen and oxygen atoms in total. The van der Waals surface area contributed by atoms with Crippen LogP contribution in [0.15, 0.2) is 47.0 Å². The molecule has 5 aromatic heterocycles. The molecule has 0 aliphatic heterocycles. The van der Waals surface area contributed by atoms with E-state index in [1.54, 1.807) is 16.9 Å². The lowest BCUT2D eigenvalue weighted by molar-refractivity contribution is 0.818. The highest BCUT2D eigenvalue weighted by atomic mass is 32.1. The van der Waals surface area contributed by atoms with Gasteiger partial charge in [0.2, 0.25) is 10.1 Å². The summed E-state index contributed by atoms with van der Waals surface area (Å²) in [6.07, 6.45) is 5.40. The fourth-order valence-electron chi connectivity index (χ4n) is 2.79. The number of nitrogens with one attached hydrogen (secondary N) is 1. The SMILES string of the molecule is CN(Cc1nc2ccsc2c(=O)[nH]1)c1nn2cc(-c3cccnc3)nc2s1. The monoisotopic (exact) mass is 395 g/mol. The number of aromatic nitrogens is 6. The number of nitrogens with zero attached hydrogens (tertiary/aromatic N) is 6. The Balaban J connectivity index is 1.42. The van der Waals surface area contributed by atoms with Crippen LogP contribution in [0.4, 0.5) is 5.13 Å². The lowest BCUT2D eigenvalue weighted by Crippen LogP contribution is -2.21. The number of imidazole rings is 1. The maximum Gasteiger partial charge on any atom is 0.268 e. The van der Waals surface area contributed by atoms with Gasteiger partial charge in [-0.3, -0.25) is 9.78 Å². The molecule has 0 saturated heterocycles. The standard InChI is InChI=1S/C17H13N7OS2/c1-23(9-13-19-11-4-6-26-14(11)15(25)21-13)17-22-24-8-12(20-16(24)27-17)10-3-2-5-18-7-10/h2-8H,9H2,1H3,(H,19,21,25). The van der Waals surface area contributed by atoms with Gasteiger partial charge in [-0.15, -0.1) is 16.4 Å². The number of pyridine rings is 1. The zero-order valence-electron chi connectivity index (χ0n) is 14.2. The number of rotatable bonds is 4. The predicted molar refractivity (Wildman–Crippen MR) is 106 cm³/mol. The molecule has 0 fully saturated rings. The third-order valence-electron chi connectivity index (χ3n) is 4.07. The molecule has 0 spiro atoms. The van der Waals surface area contributed by atoms with E-state index in [0.29, 0.717) is 17.1 Å². The van der Waals surface area contributed by atoms with E-state index in [-0.39, 0.29) is 5.56 Å². The quantitative estimate of drug-likeness (QED) is 0.503. The molecule has 5 rings (SSSR count). The maximum absolute atomic E-state index is 12.1. The fraction of sp³-hybridized carbons (Fsp3) is 0.118. The van der Waals surface area contributed by atoms with Crippen LogP contribution in [-0.2, 0) is 6.54 Å². The molecular weight excluding hydrogens is 382 g/mol. The van der Waals surface area contributed by atoms with Crippen molar-refractivity contribution >= 4 is 43.0 Å². The molecule has 0 aromatic carbocycles. The Kier molecular flexibility index (Phi) is 3.73. The zero-order chi connectivity index (χ0) is 18.4. The molecule has 0 atom stereocenters.